The van der Waals surface area contributed by atoms with Crippen LogP contribution in [-0.4, -0.2) is 69.5 Å². The second-order valence-electron chi connectivity index (χ2n) is 11.6. The number of nitrogens with two attached hydrogens (primary N) is 1. The van der Waals surface area contributed by atoms with Crippen molar-refractivity contribution in [3.63, 3.8) is 0 Å². The van der Waals surface area contributed by atoms with E-state index in [1.54, 1.807) is 31.3 Å². The van der Waals surface area contributed by atoms with E-state index in [2.05, 4.69) is 27.1 Å². The standard InChI is InChI=1S/C35H32ClF2N7O4/c1-18(15-41-20(3)40-4)21-9-11-29-26(12-21)33(19(2)46)43-45(29)17-31(47)44-16-23(37)14-30(44)35(49)42-28-7-5-6-24(32(28)38)25-13-22(34(39)48)8-10-27(25)36/h5-13,15,23,30H,4,14,16-17H2,1-3H3,(H2,39,48)(H,42,49)/b18-15+,41-20?/t23-,30+/m1/s1. The fourth-order valence-electron chi connectivity index (χ4n) is 5.58. The van der Waals surface area contributed by atoms with Crippen LogP contribution in [0.4, 0.5) is 14.5 Å². The topological polar surface area (TPSA) is 152 Å². The van der Waals surface area contributed by atoms with Crippen LogP contribution in [0.2, 0.25) is 5.02 Å². The minimum Gasteiger partial charge on any atom is -0.366 e. The summed E-state index contributed by atoms with van der Waals surface area (Å²) in [4.78, 5) is 60.3. The third-order valence-electron chi connectivity index (χ3n) is 8.17. The summed E-state index contributed by atoms with van der Waals surface area (Å²) in [6.45, 7) is 7.59. The molecule has 1 fully saturated rings. The van der Waals surface area contributed by atoms with E-state index in [1.165, 1.54) is 48.0 Å². The molecule has 11 nitrogen and oxygen atoms in total. The van der Waals surface area contributed by atoms with Crippen molar-refractivity contribution in [2.24, 2.45) is 15.7 Å². The molecular weight excluding hydrogens is 656 g/mol. The zero-order chi connectivity index (χ0) is 35.6. The molecule has 252 valence electrons. The van der Waals surface area contributed by atoms with E-state index in [0.29, 0.717) is 16.7 Å². The van der Waals surface area contributed by atoms with Gasteiger partial charge in [0.2, 0.25) is 17.7 Å². The van der Waals surface area contributed by atoms with Gasteiger partial charge in [-0.05, 0) is 68.1 Å². The molecule has 0 aliphatic carbocycles. The van der Waals surface area contributed by atoms with Crippen molar-refractivity contribution in [1.82, 2.24) is 14.7 Å². The Morgan fingerprint density at radius 3 is 2.51 bits per heavy atom. The summed E-state index contributed by atoms with van der Waals surface area (Å²) in [6.07, 6.45) is -0.187. The molecule has 3 aromatic carbocycles. The lowest BCUT2D eigenvalue weighted by Gasteiger charge is -2.24. The van der Waals surface area contributed by atoms with Crippen molar-refractivity contribution < 1.29 is 28.0 Å². The number of halogens is 3. The number of nitrogens with one attached hydrogen (secondary N) is 1. The Kier molecular flexibility index (Phi) is 10.1. The Bertz CT molecular complexity index is 2090. The molecule has 3 N–H and O–H groups in total. The number of rotatable bonds is 9. The Morgan fingerprint density at radius 1 is 1.08 bits per heavy atom. The first-order valence-electron chi connectivity index (χ1n) is 15.1. The quantitative estimate of drug-likeness (QED) is 0.128. The maximum Gasteiger partial charge on any atom is 0.248 e. The van der Waals surface area contributed by atoms with E-state index in [4.69, 9.17) is 17.3 Å². The molecule has 49 heavy (non-hydrogen) atoms. The number of anilines is 1. The van der Waals surface area contributed by atoms with Gasteiger partial charge < -0.3 is 16.0 Å². The fourth-order valence-corrected chi connectivity index (χ4v) is 5.80. The average Bonchev–Trinajstić information content (AvgIpc) is 3.65. The van der Waals surface area contributed by atoms with Gasteiger partial charge in [0.15, 0.2) is 11.6 Å². The Balaban J connectivity index is 1.39. The number of carbonyl (C=O) groups is 4. The number of primary amides is 1. The molecule has 14 heteroatoms. The van der Waals surface area contributed by atoms with Crippen molar-refractivity contribution in [2.75, 3.05) is 11.9 Å². The zero-order valence-corrected chi connectivity index (χ0v) is 27.6. The maximum atomic E-state index is 15.7. The number of hydrogen-bond donors (Lipinski definition) is 2. The summed E-state index contributed by atoms with van der Waals surface area (Å²) in [6, 6.07) is 12.4. The minimum atomic E-state index is -1.51. The number of amidine groups is 1. The van der Waals surface area contributed by atoms with Gasteiger partial charge in [-0.25, -0.2) is 18.8 Å². The predicted octanol–water partition coefficient (Wildman–Crippen LogP) is 5.85. The van der Waals surface area contributed by atoms with Crippen molar-refractivity contribution in [2.45, 2.75) is 46.0 Å². The summed E-state index contributed by atoms with van der Waals surface area (Å²) in [5, 5.41) is 7.51. The number of amides is 3. The highest BCUT2D eigenvalue weighted by Gasteiger charge is 2.40. The smallest absolute Gasteiger partial charge is 0.248 e. The number of allylic oxidation sites excluding steroid dienone is 1. The Hall–Kier alpha value is -5.56. The van der Waals surface area contributed by atoms with Gasteiger partial charge in [-0.15, -0.1) is 0 Å². The number of carbonyl (C=O) groups excluding carboxylic acids is 4. The van der Waals surface area contributed by atoms with Crippen LogP contribution in [-0.2, 0) is 16.1 Å². The van der Waals surface area contributed by atoms with E-state index in [1.807, 2.05) is 6.92 Å². The number of alkyl halides is 1. The van der Waals surface area contributed by atoms with Crippen molar-refractivity contribution in [3.05, 3.63) is 88.5 Å². The van der Waals surface area contributed by atoms with Crippen LogP contribution in [0, 0.1) is 5.82 Å². The van der Waals surface area contributed by atoms with Crippen LogP contribution >= 0.6 is 11.6 Å². The molecule has 1 saturated heterocycles. The number of likely N-dealkylation sites (tertiary alicyclic amines) is 1. The van der Waals surface area contributed by atoms with Crippen molar-refractivity contribution in [3.8, 4) is 11.1 Å². The number of aliphatic imine (C=N–C) groups is 2. The molecule has 4 aromatic rings. The summed E-state index contributed by atoms with van der Waals surface area (Å²) < 4.78 is 31.8. The lowest BCUT2D eigenvalue weighted by Crippen LogP contribution is -2.44. The molecule has 0 unspecified atom stereocenters. The molecule has 1 aliphatic heterocycles. The largest absolute Gasteiger partial charge is 0.366 e. The van der Waals surface area contributed by atoms with Gasteiger partial charge in [-0.1, -0.05) is 29.8 Å². The number of nitrogens with zero attached hydrogens (tertiary/aromatic N) is 5. The van der Waals surface area contributed by atoms with Crippen LogP contribution in [0.3, 0.4) is 0 Å². The molecule has 2 atom stereocenters. The van der Waals surface area contributed by atoms with Gasteiger partial charge in [0.25, 0.3) is 0 Å². The van der Waals surface area contributed by atoms with Gasteiger partial charge in [0.1, 0.15) is 30.3 Å². The SMILES string of the molecule is C=NC(C)=N/C=C(\C)c1ccc2c(c1)c(C(C)=O)nn2CC(=O)N1C[C@H](F)C[C@H]1C(=O)Nc1cccc(-c2cc(C(N)=O)ccc2Cl)c1F. The highest BCUT2D eigenvalue weighted by atomic mass is 35.5. The molecular formula is C35H32ClF2N7O4. The van der Waals surface area contributed by atoms with E-state index in [-0.39, 0.29) is 58.4 Å². The number of aromatic nitrogens is 2. The van der Waals surface area contributed by atoms with Gasteiger partial charge in [-0.3, -0.25) is 23.9 Å². The molecule has 0 bridgehead atoms. The first kappa shape index (κ1) is 34.8. The Labute approximate surface area is 285 Å². The second kappa shape index (κ2) is 14.3. The lowest BCUT2D eigenvalue weighted by atomic mass is 10.0. The molecule has 0 spiro atoms. The van der Waals surface area contributed by atoms with Crippen LogP contribution in [0.15, 0.2) is 70.8 Å². The average molecular weight is 688 g/mol. The van der Waals surface area contributed by atoms with Crippen molar-refractivity contribution in [1.29, 1.82) is 0 Å². The zero-order valence-electron chi connectivity index (χ0n) is 26.8. The maximum absolute atomic E-state index is 15.7. The number of fused-ring (bicyclic) bond motifs is 1. The molecule has 0 radical (unpaired) electrons. The predicted molar refractivity (Wildman–Crippen MR) is 185 cm³/mol. The van der Waals surface area contributed by atoms with E-state index < -0.39 is 35.8 Å². The van der Waals surface area contributed by atoms with Gasteiger partial charge in [0, 0.05) is 46.6 Å². The van der Waals surface area contributed by atoms with Crippen LogP contribution in [0.1, 0.15) is 53.6 Å². The first-order valence-corrected chi connectivity index (χ1v) is 15.5. The summed E-state index contributed by atoms with van der Waals surface area (Å²) in [5.41, 5.74) is 7.58. The van der Waals surface area contributed by atoms with Crippen LogP contribution < -0.4 is 11.1 Å². The van der Waals surface area contributed by atoms with Crippen molar-refractivity contribution >= 4 is 69.8 Å². The lowest BCUT2D eigenvalue weighted by molar-refractivity contribution is -0.137. The highest BCUT2D eigenvalue weighted by molar-refractivity contribution is 6.33. The third kappa shape index (κ3) is 7.31. The summed E-state index contributed by atoms with van der Waals surface area (Å²) >= 11 is 6.28. The number of Topliss-reactive ketones (excluding diaryl/α,β-unsaturated/α-hetero) is 1. The molecule has 0 saturated carbocycles. The minimum absolute atomic E-state index is 0.00841. The molecule has 5 rings (SSSR count). The van der Waals surface area contributed by atoms with E-state index in [9.17, 15) is 23.6 Å². The highest BCUT2D eigenvalue weighted by Crippen LogP contribution is 2.34. The monoisotopic (exact) mass is 687 g/mol. The number of benzene rings is 3. The van der Waals surface area contributed by atoms with Gasteiger partial charge >= 0.3 is 0 Å². The Morgan fingerprint density at radius 2 is 1.82 bits per heavy atom. The number of ketones is 1. The van der Waals surface area contributed by atoms with Gasteiger partial charge in [-0.2, -0.15) is 5.10 Å². The molecule has 3 amide bonds. The third-order valence-corrected chi connectivity index (χ3v) is 8.50. The summed E-state index contributed by atoms with van der Waals surface area (Å²) in [7, 11) is 0. The fraction of sp³-hybridized carbons (Fsp3) is 0.229. The molecule has 1 aromatic heterocycles. The van der Waals surface area contributed by atoms with Crippen LogP contribution in [0.25, 0.3) is 27.6 Å². The van der Waals surface area contributed by atoms with E-state index >= 15 is 4.39 Å². The first-order chi connectivity index (χ1) is 23.3. The van der Waals surface area contributed by atoms with Gasteiger partial charge in [0.05, 0.1) is 17.7 Å². The second-order valence-corrected chi connectivity index (χ2v) is 12.0. The normalized spacial score (nSPS) is 16.6. The van der Waals surface area contributed by atoms with Crippen LogP contribution in [0.5, 0.6) is 0 Å². The number of hydrogen-bond acceptors (Lipinski definition) is 6. The molecule has 2 heterocycles. The molecule has 1 aliphatic rings. The summed E-state index contributed by atoms with van der Waals surface area (Å²) in [5.74, 6) is -2.84. The van der Waals surface area contributed by atoms with E-state index in [0.717, 1.165) is 16.0 Å².